The van der Waals surface area contributed by atoms with Gasteiger partial charge in [0, 0.05) is 56.0 Å². The van der Waals surface area contributed by atoms with Gasteiger partial charge in [-0.1, -0.05) is 0 Å². The summed E-state index contributed by atoms with van der Waals surface area (Å²) >= 11 is 0. The first-order valence-corrected chi connectivity index (χ1v) is 10.8. The van der Waals surface area contributed by atoms with E-state index in [1.165, 1.54) is 10.6 Å². The lowest BCUT2D eigenvalue weighted by Gasteiger charge is -2.37. The van der Waals surface area contributed by atoms with Crippen molar-refractivity contribution in [2.75, 3.05) is 45.3 Å². The van der Waals surface area contributed by atoms with E-state index < -0.39 is 0 Å². The summed E-state index contributed by atoms with van der Waals surface area (Å²) in [6.45, 7) is 9.48. The lowest BCUT2D eigenvalue weighted by Crippen LogP contribution is -2.51. The topological polar surface area (TPSA) is 86.0 Å². The number of benzene rings is 1. The number of nitrogens with zero attached hydrogens (tertiary/aromatic N) is 4. The third kappa shape index (κ3) is 4.51. The summed E-state index contributed by atoms with van der Waals surface area (Å²) in [5.41, 5.74) is -0.119. The Morgan fingerprint density at radius 1 is 0.812 bits per heavy atom. The van der Waals surface area contributed by atoms with Crippen LogP contribution in [0.5, 0.6) is 11.5 Å². The summed E-state index contributed by atoms with van der Waals surface area (Å²) in [6, 6.07) is 6.32. The number of methoxy groups -OCH3 is 2. The van der Waals surface area contributed by atoms with Crippen molar-refractivity contribution < 1.29 is 14.3 Å². The molecule has 1 aromatic carbocycles. The van der Waals surface area contributed by atoms with E-state index in [9.17, 15) is 14.4 Å². The molecule has 0 atom stereocenters. The van der Waals surface area contributed by atoms with Crippen molar-refractivity contribution in [1.29, 1.82) is 0 Å². The van der Waals surface area contributed by atoms with E-state index in [1.807, 2.05) is 32.6 Å². The molecule has 0 N–H and O–H groups in total. The molecule has 0 spiro atoms. The molecule has 1 aliphatic rings. The minimum atomic E-state index is -0.307. The third-order valence-electron chi connectivity index (χ3n) is 5.67. The summed E-state index contributed by atoms with van der Waals surface area (Å²) in [5, 5.41) is 0. The largest absolute Gasteiger partial charge is 0.497 e. The Labute approximate surface area is 187 Å². The smallest absolute Gasteiger partial charge is 0.333 e. The predicted octanol–water partition coefficient (Wildman–Crippen LogP) is 2.15. The molecule has 32 heavy (non-hydrogen) atoms. The molecule has 0 aliphatic carbocycles. The number of piperazine rings is 1. The van der Waals surface area contributed by atoms with Crippen LogP contribution in [0.15, 0.2) is 33.9 Å². The number of aromatic nitrogens is 2. The van der Waals surface area contributed by atoms with Crippen molar-refractivity contribution in [3.05, 3.63) is 50.7 Å². The normalized spacial score (nSPS) is 14.2. The fraction of sp³-hybridized carbons (Fsp3) is 0.522. The van der Waals surface area contributed by atoms with E-state index in [1.54, 1.807) is 41.9 Å². The van der Waals surface area contributed by atoms with Gasteiger partial charge in [0.15, 0.2) is 0 Å². The van der Waals surface area contributed by atoms with Crippen LogP contribution < -0.4 is 25.6 Å². The lowest BCUT2D eigenvalue weighted by atomic mass is 10.1. The van der Waals surface area contributed by atoms with Crippen molar-refractivity contribution in [1.82, 2.24) is 14.0 Å². The van der Waals surface area contributed by atoms with Gasteiger partial charge < -0.3 is 19.3 Å². The second-order valence-electron chi connectivity index (χ2n) is 8.43. The van der Waals surface area contributed by atoms with Gasteiger partial charge in [-0.05, 0) is 39.8 Å². The maximum Gasteiger partial charge on any atom is 0.333 e. The second-order valence-corrected chi connectivity index (χ2v) is 8.43. The number of hydrogen-bond donors (Lipinski definition) is 0. The van der Waals surface area contributed by atoms with Crippen LogP contribution in [0.2, 0.25) is 0 Å². The minimum Gasteiger partial charge on any atom is -0.497 e. The number of rotatable bonds is 6. The maximum absolute atomic E-state index is 13.1. The zero-order valence-electron chi connectivity index (χ0n) is 19.6. The van der Waals surface area contributed by atoms with Crippen LogP contribution >= 0.6 is 0 Å². The van der Waals surface area contributed by atoms with Gasteiger partial charge in [0.2, 0.25) is 0 Å². The molecule has 2 heterocycles. The molecule has 1 aromatic heterocycles. The van der Waals surface area contributed by atoms with Gasteiger partial charge in [-0.3, -0.25) is 18.7 Å². The Morgan fingerprint density at radius 2 is 1.34 bits per heavy atom. The minimum absolute atomic E-state index is 0.105. The summed E-state index contributed by atoms with van der Waals surface area (Å²) < 4.78 is 13.5. The van der Waals surface area contributed by atoms with E-state index >= 15 is 0 Å². The maximum atomic E-state index is 13.1. The molecular formula is C23H32N4O5. The fourth-order valence-electron chi connectivity index (χ4n) is 4.01. The SMILES string of the molecule is COc1cc(OC)cc(C(=O)N2CCN(c3cc(=O)n(C(C)C)c(=O)n3C(C)C)CC2)c1. The van der Waals surface area contributed by atoms with E-state index in [2.05, 4.69) is 0 Å². The number of anilines is 1. The molecule has 9 nitrogen and oxygen atoms in total. The Kier molecular flexibility index (Phi) is 6.96. The third-order valence-corrected chi connectivity index (χ3v) is 5.67. The number of carbonyl (C=O) groups excluding carboxylic acids is 1. The summed E-state index contributed by atoms with van der Waals surface area (Å²) in [6.07, 6.45) is 0. The van der Waals surface area contributed by atoms with Gasteiger partial charge in [0.25, 0.3) is 11.5 Å². The molecule has 174 valence electrons. The van der Waals surface area contributed by atoms with Gasteiger partial charge in [-0.15, -0.1) is 0 Å². The molecule has 9 heteroatoms. The molecule has 1 aliphatic heterocycles. The van der Waals surface area contributed by atoms with E-state index in [-0.39, 0.29) is 29.2 Å². The van der Waals surface area contributed by atoms with Crippen molar-refractivity contribution in [2.45, 2.75) is 39.8 Å². The summed E-state index contributed by atoms with van der Waals surface area (Å²) in [4.78, 5) is 42.5. The van der Waals surface area contributed by atoms with Crippen LogP contribution in [-0.2, 0) is 0 Å². The van der Waals surface area contributed by atoms with Gasteiger partial charge in [0.1, 0.15) is 17.3 Å². The highest BCUT2D eigenvalue weighted by Crippen LogP contribution is 2.24. The molecule has 3 rings (SSSR count). The average molecular weight is 445 g/mol. The molecular weight excluding hydrogens is 412 g/mol. The van der Waals surface area contributed by atoms with Crippen molar-refractivity contribution in [3.63, 3.8) is 0 Å². The van der Waals surface area contributed by atoms with Crippen LogP contribution in [0.4, 0.5) is 5.82 Å². The first kappa shape index (κ1) is 23.4. The van der Waals surface area contributed by atoms with E-state index in [0.717, 1.165) is 0 Å². The standard InChI is InChI=1S/C23H32N4O5/c1-15(2)26-20(14-21(28)27(16(3)4)23(26)30)24-7-9-25(10-8-24)22(29)17-11-18(31-5)13-19(12-17)32-6/h11-16H,7-10H2,1-6H3. The average Bonchev–Trinajstić information content (AvgIpc) is 2.77. The van der Waals surface area contributed by atoms with E-state index in [4.69, 9.17) is 9.47 Å². The van der Waals surface area contributed by atoms with E-state index in [0.29, 0.717) is 49.1 Å². The van der Waals surface area contributed by atoms with Crippen LogP contribution in [0.25, 0.3) is 0 Å². The number of ether oxygens (including phenoxy) is 2. The molecule has 1 saturated heterocycles. The number of hydrogen-bond acceptors (Lipinski definition) is 6. The molecule has 2 aromatic rings. The highest BCUT2D eigenvalue weighted by atomic mass is 16.5. The van der Waals surface area contributed by atoms with Gasteiger partial charge in [-0.2, -0.15) is 0 Å². The Hall–Kier alpha value is -3.23. The summed E-state index contributed by atoms with van der Waals surface area (Å²) in [7, 11) is 3.09. The molecule has 1 amide bonds. The molecule has 1 fully saturated rings. The van der Waals surface area contributed by atoms with Crippen LogP contribution in [0.3, 0.4) is 0 Å². The monoisotopic (exact) mass is 444 g/mol. The fourth-order valence-corrected chi connectivity index (χ4v) is 4.01. The van der Waals surface area contributed by atoms with Gasteiger partial charge >= 0.3 is 5.69 Å². The highest BCUT2D eigenvalue weighted by molar-refractivity contribution is 5.95. The zero-order valence-corrected chi connectivity index (χ0v) is 19.6. The Morgan fingerprint density at radius 3 is 1.81 bits per heavy atom. The molecule has 0 bridgehead atoms. The van der Waals surface area contributed by atoms with Crippen LogP contribution in [0.1, 0.15) is 50.1 Å². The van der Waals surface area contributed by atoms with Gasteiger partial charge in [0.05, 0.1) is 14.2 Å². The second kappa shape index (κ2) is 9.50. The first-order chi connectivity index (χ1) is 15.2. The summed E-state index contributed by atoms with van der Waals surface area (Å²) in [5.74, 6) is 1.59. The molecule has 0 unspecified atom stereocenters. The van der Waals surface area contributed by atoms with Crippen molar-refractivity contribution in [3.8, 4) is 11.5 Å². The van der Waals surface area contributed by atoms with Gasteiger partial charge in [-0.25, -0.2) is 4.79 Å². The zero-order chi connectivity index (χ0) is 23.6. The Bertz CT molecular complexity index is 1070. The lowest BCUT2D eigenvalue weighted by molar-refractivity contribution is 0.0745. The molecule has 0 radical (unpaired) electrons. The van der Waals surface area contributed by atoms with Crippen LogP contribution in [0, 0.1) is 0 Å². The van der Waals surface area contributed by atoms with Crippen molar-refractivity contribution in [2.24, 2.45) is 0 Å². The van der Waals surface area contributed by atoms with Crippen molar-refractivity contribution >= 4 is 11.7 Å². The quantitative estimate of drug-likeness (QED) is 0.679. The first-order valence-electron chi connectivity index (χ1n) is 10.8. The highest BCUT2D eigenvalue weighted by Gasteiger charge is 2.26. The number of carbonyl (C=O) groups is 1. The predicted molar refractivity (Wildman–Crippen MR) is 123 cm³/mol. The Balaban J connectivity index is 1.84. The molecule has 0 saturated carbocycles. The van der Waals surface area contributed by atoms with Crippen LogP contribution in [-0.4, -0.2) is 60.3 Å². The number of amides is 1.